The van der Waals surface area contributed by atoms with Crippen LogP contribution in [-0.4, -0.2) is 10.2 Å². The first-order chi connectivity index (χ1) is 9.76. The monoisotopic (exact) mass is 264 g/mol. The minimum Gasteiger partial charge on any atom is -0.459 e. The van der Waals surface area contributed by atoms with Crippen molar-refractivity contribution in [1.82, 2.24) is 10.2 Å². The highest BCUT2D eigenvalue weighted by molar-refractivity contribution is 5.77. The average Bonchev–Trinajstić information content (AvgIpc) is 2.92. The molecule has 0 amide bonds. The van der Waals surface area contributed by atoms with Crippen LogP contribution in [0, 0.1) is 11.3 Å². The number of hydrogen-bond donors (Lipinski definition) is 1. The number of nitrogens with one attached hydrogen (secondary N) is 1. The summed E-state index contributed by atoms with van der Waals surface area (Å²) in [4.78, 5) is 0. The van der Waals surface area contributed by atoms with Crippen LogP contribution >= 0.6 is 0 Å². The van der Waals surface area contributed by atoms with Crippen LogP contribution in [0.5, 0.6) is 0 Å². The summed E-state index contributed by atoms with van der Waals surface area (Å²) >= 11 is 0. The summed E-state index contributed by atoms with van der Waals surface area (Å²) in [5.74, 6) is 1.44. The van der Waals surface area contributed by atoms with E-state index in [0.717, 1.165) is 16.7 Å². The summed E-state index contributed by atoms with van der Waals surface area (Å²) in [5, 5.41) is 20.7. The zero-order valence-electron chi connectivity index (χ0n) is 10.9. The highest BCUT2D eigenvalue weighted by atomic mass is 16.3. The Kier molecular flexibility index (Phi) is 3.05. The summed E-state index contributed by atoms with van der Waals surface area (Å²) in [6, 6.07) is 15.1. The average molecular weight is 264 g/mol. The topological polar surface area (TPSA) is 74.7 Å². The molecule has 20 heavy (non-hydrogen) atoms. The number of furan rings is 1. The van der Waals surface area contributed by atoms with E-state index in [4.69, 9.17) is 9.68 Å². The SMILES string of the molecule is C[C@@H](Nc1ccc(C#N)nn1)c1cc2ccccc2o1. The number of aromatic nitrogens is 2. The fraction of sp³-hybridized carbons (Fsp3) is 0.133. The second-order valence-electron chi connectivity index (χ2n) is 4.47. The number of hydrogen-bond acceptors (Lipinski definition) is 5. The van der Waals surface area contributed by atoms with Crippen LogP contribution in [0.3, 0.4) is 0 Å². The molecule has 2 heterocycles. The van der Waals surface area contributed by atoms with Gasteiger partial charge in [-0.1, -0.05) is 18.2 Å². The number of anilines is 1. The van der Waals surface area contributed by atoms with Crippen LogP contribution in [-0.2, 0) is 0 Å². The molecule has 0 aliphatic carbocycles. The molecule has 1 atom stereocenters. The van der Waals surface area contributed by atoms with Crippen LogP contribution in [0.15, 0.2) is 46.9 Å². The van der Waals surface area contributed by atoms with Crippen LogP contribution in [0.4, 0.5) is 5.82 Å². The third-order valence-corrected chi connectivity index (χ3v) is 3.01. The molecule has 0 unspecified atom stereocenters. The fourth-order valence-corrected chi connectivity index (χ4v) is 1.98. The van der Waals surface area contributed by atoms with Gasteiger partial charge in [-0.3, -0.25) is 0 Å². The smallest absolute Gasteiger partial charge is 0.163 e. The van der Waals surface area contributed by atoms with Crippen molar-refractivity contribution in [3.05, 3.63) is 53.9 Å². The second-order valence-corrected chi connectivity index (χ2v) is 4.47. The molecule has 3 rings (SSSR count). The zero-order valence-corrected chi connectivity index (χ0v) is 10.9. The van der Waals surface area contributed by atoms with Gasteiger partial charge in [0.05, 0.1) is 6.04 Å². The highest BCUT2D eigenvalue weighted by Crippen LogP contribution is 2.25. The van der Waals surface area contributed by atoms with Gasteiger partial charge in [0.1, 0.15) is 23.2 Å². The lowest BCUT2D eigenvalue weighted by atomic mass is 10.2. The second kappa shape index (κ2) is 5.02. The maximum Gasteiger partial charge on any atom is 0.163 e. The Morgan fingerprint density at radius 1 is 1.20 bits per heavy atom. The Labute approximate surface area is 115 Å². The molecule has 2 aromatic heterocycles. The molecule has 5 heteroatoms. The van der Waals surface area contributed by atoms with E-state index in [1.165, 1.54) is 0 Å². The molecule has 0 saturated heterocycles. The molecule has 0 saturated carbocycles. The molecular weight excluding hydrogens is 252 g/mol. The van der Waals surface area contributed by atoms with E-state index in [1.807, 2.05) is 43.3 Å². The van der Waals surface area contributed by atoms with Crippen molar-refractivity contribution in [2.75, 3.05) is 5.32 Å². The third kappa shape index (κ3) is 2.31. The maximum absolute atomic E-state index is 8.68. The van der Waals surface area contributed by atoms with Gasteiger partial charge in [-0.05, 0) is 31.2 Å². The van der Waals surface area contributed by atoms with Gasteiger partial charge < -0.3 is 9.73 Å². The Morgan fingerprint density at radius 3 is 2.75 bits per heavy atom. The first kappa shape index (κ1) is 12.2. The van der Waals surface area contributed by atoms with Gasteiger partial charge in [0.2, 0.25) is 0 Å². The number of fused-ring (bicyclic) bond motifs is 1. The molecule has 0 fully saturated rings. The van der Waals surface area contributed by atoms with E-state index in [0.29, 0.717) is 11.5 Å². The summed E-state index contributed by atoms with van der Waals surface area (Å²) in [7, 11) is 0. The minimum atomic E-state index is -0.0374. The molecule has 5 nitrogen and oxygen atoms in total. The van der Waals surface area contributed by atoms with Gasteiger partial charge in [0.25, 0.3) is 0 Å². The third-order valence-electron chi connectivity index (χ3n) is 3.01. The molecule has 1 N–H and O–H groups in total. The normalized spacial score (nSPS) is 12.0. The predicted molar refractivity (Wildman–Crippen MR) is 75.0 cm³/mol. The van der Waals surface area contributed by atoms with Gasteiger partial charge in [0.15, 0.2) is 5.69 Å². The van der Waals surface area contributed by atoms with E-state index in [-0.39, 0.29) is 6.04 Å². The van der Waals surface area contributed by atoms with Crippen LogP contribution < -0.4 is 5.32 Å². The lowest BCUT2D eigenvalue weighted by Gasteiger charge is -2.10. The van der Waals surface area contributed by atoms with Crippen molar-refractivity contribution in [3.8, 4) is 6.07 Å². The number of benzene rings is 1. The Morgan fingerprint density at radius 2 is 2.05 bits per heavy atom. The standard InChI is InChI=1S/C15H12N4O/c1-10(17-15-7-6-12(9-16)18-19-15)14-8-11-4-2-3-5-13(11)20-14/h2-8,10H,1H3,(H,17,19)/t10-/m1/s1. The van der Waals surface area contributed by atoms with E-state index in [9.17, 15) is 0 Å². The van der Waals surface area contributed by atoms with Crippen molar-refractivity contribution in [2.24, 2.45) is 0 Å². The van der Waals surface area contributed by atoms with Gasteiger partial charge in [-0.15, -0.1) is 10.2 Å². The van der Waals surface area contributed by atoms with Crippen molar-refractivity contribution < 1.29 is 4.42 Å². The van der Waals surface area contributed by atoms with Crippen LogP contribution in [0.2, 0.25) is 0 Å². The van der Waals surface area contributed by atoms with Crippen molar-refractivity contribution in [1.29, 1.82) is 5.26 Å². The van der Waals surface area contributed by atoms with Gasteiger partial charge in [0, 0.05) is 5.39 Å². The Balaban J connectivity index is 1.81. The van der Waals surface area contributed by atoms with E-state index >= 15 is 0 Å². The number of para-hydroxylation sites is 1. The minimum absolute atomic E-state index is 0.0374. The Hall–Kier alpha value is -2.87. The largest absolute Gasteiger partial charge is 0.459 e. The highest BCUT2D eigenvalue weighted by Gasteiger charge is 2.12. The maximum atomic E-state index is 8.68. The quantitative estimate of drug-likeness (QED) is 0.785. The fourth-order valence-electron chi connectivity index (χ4n) is 1.98. The molecule has 0 aliphatic rings. The van der Waals surface area contributed by atoms with Crippen molar-refractivity contribution in [2.45, 2.75) is 13.0 Å². The van der Waals surface area contributed by atoms with Crippen LogP contribution in [0.25, 0.3) is 11.0 Å². The van der Waals surface area contributed by atoms with E-state index in [1.54, 1.807) is 12.1 Å². The van der Waals surface area contributed by atoms with Crippen LogP contribution in [0.1, 0.15) is 24.4 Å². The van der Waals surface area contributed by atoms with Crippen molar-refractivity contribution >= 4 is 16.8 Å². The predicted octanol–water partition coefficient (Wildman–Crippen LogP) is 3.27. The number of rotatable bonds is 3. The Bertz CT molecular complexity index is 737. The molecule has 0 radical (unpaired) electrons. The number of nitriles is 1. The van der Waals surface area contributed by atoms with E-state index < -0.39 is 0 Å². The first-order valence-corrected chi connectivity index (χ1v) is 6.25. The lowest BCUT2D eigenvalue weighted by Crippen LogP contribution is -2.07. The molecule has 0 bridgehead atoms. The molecular formula is C15H12N4O. The summed E-state index contributed by atoms with van der Waals surface area (Å²) < 4.78 is 5.78. The van der Waals surface area contributed by atoms with Gasteiger partial charge >= 0.3 is 0 Å². The molecule has 0 aliphatic heterocycles. The molecule has 98 valence electrons. The first-order valence-electron chi connectivity index (χ1n) is 6.25. The van der Waals surface area contributed by atoms with Gasteiger partial charge in [-0.25, -0.2) is 0 Å². The van der Waals surface area contributed by atoms with Gasteiger partial charge in [-0.2, -0.15) is 5.26 Å². The molecule has 3 aromatic rings. The summed E-state index contributed by atoms with van der Waals surface area (Å²) in [5.41, 5.74) is 1.16. The molecule has 0 spiro atoms. The molecule has 1 aromatic carbocycles. The zero-order chi connectivity index (χ0) is 13.9. The lowest BCUT2D eigenvalue weighted by molar-refractivity contribution is 0.525. The summed E-state index contributed by atoms with van der Waals surface area (Å²) in [6.45, 7) is 1.98. The van der Waals surface area contributed by atoms with Crippen molar-refractivity contribution in [3.63, 3.8) is 0 Å². The number of nitrogens with zero attached hydrogens (tertiary/aromatic N) is 3. The van der Waals surface area contributed by atoms with E-state index in [2.05, 4.69) is 15.5 Å². The summed E-state index contributed by atoms with van der Waals surface area (Å²) in [6.07, 6.45) is 0.